The fourth-order valence-electron chi connectivity index (χ4n) is 0.922. The molecule has 0 bridgehead atoms. The van der Waals surface area contributed by atoms with Crippen LogP contribution in [0.15, 0.2) is 35.9 Å². The van der Waals surface area contributed by atoms with Gasteiger partial charge in [0.15, 0.2) is 0 Å². The lowest BCUT2D eigenvalue weighted by Crippen LogP contribution is -2.15. The van der Waals surface area contributed by atoms with Crippen LogP contribution in [-0.2, 0) is 10.0 Å². The van der Waals surface area contributed by atoms with E-state index in [2.05, 4.69) is 16.9 Å². The monoisotopic (exact) mass is 213 g/mol. The van der Waals surface area contributed by atoms with Gasteiger partial charge in [0, 0.05) is 12.7 Å². The van der Waals surface area contributed by atoms with E-state index >= 15 is 0 Å². The fraction of sp³-hybridized carbons (Fsp3) is 0.125. The van der Waals surface area contributed by atoms with Gasteiger partial charge in [0.1, 0.15) is 10.7 Å². The Morgan fingerprint density at radius 3 is 2.93 bits per heavy atom. The maximum absolute atomic E-state index is 11.1. The van der Waals surface area contributed by atoms with Crippen LogP contribution in [0.4, 0.5) is 5.82 Å². The minimum absolute atomic E-state index is 0.0122. The molecule has 0 aliphatic carbocycles. The number of nitrogens with two attached hydrogens (primary N) is 1. The SMILES string of the molecule is C=CCNc1ncccc1S(N)(=O)=O. The highest BCUT2D eigenvalue weighted by Crippen LogP contribution is 2.15. The van der Waals surface area contributed by atoms with Crippen molar-refractivity contribution in [3.63, 3.8) is 0 Å². The number of hydrogen-bond acceptors (Lipinski definition) is 4. The predicted octanol–water partition coefficient (Wildman–Crippen LogP) is 0.327. The first-order chi connectivity index (χ1) is 6.55. The van der Waals surface area contributed by atoms with E-state index in [-0.39, 0.29) is 10.7 Å². The summed E-state index contributed by atoms with van der Waals surface area (Å²) in [5.41, 5.74) is 0. The number of nitrogens with zero attached hydrogens (tertiary/aromatic N) is 1. The molecule has 0 unspecified atom stereocenters. The second kappa shape index (κ2) is 4.21. The molecule has 0 spiro atoms. The number of sulfonamides is 1. The van der Waals surface area contributed by atoms with Gasteiger partial charge in [-0.2, -0.15) is 0 Å². The van der Waals surface area contributed by atoms with Gasteiger partial charge in [0.2, 0.25) is 10.0 Å². The van der Waals surface area contributed by atoms with Crippen molar-refractivity contribution in [2.75, 3.05) is 11.9 Å². The molecule has 14 heavy (non-hydrogen) atoms. The van der Waals surface area contributed by atoms with Crippen molar-refractivity contribution in [1.29, 1.82) is 0 Å². The molecule has 0 saturated carbocycles. The molecule has 0 aromatic carbocycles. The van der Waals surface area contributed by atoms with Crippen molar-refractivity contribution in [3.8, 4) is 0 Å². The quantitative estimate of drug-likeness (QED) is 0.706. The minimum atomic E-state index is -3.72. The molecule has 1 aromatic rings. The molecule has 76 valence electrons. The molecule has 0 aliphatic heterocycles. The number of nitrogens with one attached hydrogen (secondary N) is 1. The number of anilines is 1. The molecule has 0 amide bonds. The summed E-state index contributed by atoms with van der Waals surface area (Å²) < 4.78 is 22.2. The Morgan fingerprint density at radius 1 is 1.64 bits per heavy atom. The molecule has 0 atom stereocenters. The third kappa shape index (κ3) is 2.54. The van der Waals surface area contributed by atoms with Gasteiger partial charge in [-0.3, -0.25) is 0 Å². The van der Waals surface area contributed by atoms with Crippen molar-refractivity contribution >= 4 is 15.8 Å². The van der Waals surface area contributed by atoms with E-state index in [0.29, 0.717) is 6.54 Å². The highest BCUT2D eigenvalue weighted by Gasteiger charge is 2.13. The summed E-state index contributed by atoms with van der Waals surface area (Å²) in [5.74, 6) is 0.245. The van der Waals surface area contributed by atoms with Crippen molar-refractivity contribution in [2.24, 2.45) is 5.14 Å². The lowest BCUT2D eigenvalue weighted by molar-refractivity contribution is 0.597. The zero-order valence-electron chi connectivity index (χ0n) is 7.47. The zero-order chi connectivity index (χ0) is 10.6. The van der Waals surface area contributed by atoms with E-state index in [4.69, 9.17) is 5.14 Å². The first-order valence-corrected chi connectivity index (χ1v) is 5.43. The Bertz CT molecular complexity index is 428. The summed E-state index contributed by atoms with van der Waals surface area (Å²) >= 11 is 0. The van der Waals surface area contributed by atoms with Crippen LogP contribution in [0, 0.1) is 0 Å². The van der Waals surface area contributed by atoms with Crippen LogP contribution < -0.4 is 10.5 Å². The molecule has 1 heterocycles. The maximum Gasteiger partial charge on any atom is 0.241 e. The molecule has 0 aliphatic rings. The highest BCUT2D eigenvalue weighted by molar-refractivity contribution is 7.89. The van der Waals surface area contributed by atoms with Crippen LogP contribution in [-0.4, -0.2) is 19.9 Å². The molecule has 6 heteroatoms. The van der Waals surface area contributed by atoms with Gasteiger partial charge >= 0.3 is 0 Å². The third-order valence-electron chi connectivity index (χ3n) is 1.49. The molecular formula is C8H11N3O2S. The van der Waals surface area contributed by atoms with Gasteiger partial charge in [-0.05, 0) is 12.1 Å². The second-order valence-electron chi connectivity index (χ2n) is 2.56. The van der Waals surface area contributed by atoms with Crippen molar-refractivity contribution in [2.45, 2.75) is 4.90 Å². The molecule has 0 radical (unpaired) electrons. The van der Waals surface area contributed by atoms with Crippen LogP contribution in [0.3, 0.4) is 0 Å². The molecule has 1 aromatic heterocycles. The Kier molecular flexibility index (Phi) is 3.21. The van der Waals surface area contributed by atoms with Gasteiger partial charge < -0.3 is 5.32 Å². The van der Waals surface area contributed by atoms with Gasteiger partial charge in [0.05, 0.1) is 0 Å². The summed E-state index contributed by atoms with van der Waals surface area (Å²) in [5, 5.41) is 7.78. The van der Waals surface area contributed by atoms with E-state index in [0.717, 1.165) is 0 Å². The molecule has 0 saturated heterocycles. The third-order valence-corrected chi connectivity index (χ3v) is 2.43. The van der Waals surface area contributed by atoms with Crippen molar-refractivity contribution < 1.29 is 8.42 Å². The van der Waals surface area contributed by atoms with Crippen molar-refractivity contribution in [1.82, 2.24) is 4.98 Å². The van der Waals surface area contributed by atoms with E-state index in [1.165, 1.54) is 18.3 Å². The maximum atomic E-state index is 11.1. The lowest BCUT2D eigenvalue weighted by Gasteiger charge is -2.06. The minimum Gasteiger partial charge on any atom is -0.365 e. The number of rotatable bonds is 4. The lowest BCUT2D eigenvalue weighted by atomic mass is 10.4. The van der Waals surface area contributed by atoms with E-state index in [1.807, 2.05) is 0 Å². The topological polar surface area (TPSA) is 85.1 Å². The van der Waals surface area contributed by atoms with E-state index in [9.17, 15) is 8.42 Å². The fourth-order valence-corrected chi connectivity index (χ4v) is 1.58. The van der Waals surface area contributed by atoms with Crippen LogP contribution in [0.1, 0.15) is 0 Å². The van der Waals surface area contributed by atoms with Gasteiger partial charge in [-0.15, -0.1) is 6.58 Å². The number of primary sulfonamides is 1. The highest BCUT2D eigenvalue weighted by atomic mass is 32.2. The van der Waals surface area contributed by atoms with Crippen LogP contribution in [0.2, 0.25) is 0 Å². The summed E-state index contributed by atoms with van der Waals surface area (Å²) in [6.07, 6.45) is 3.09. The summed E-state index contributed by atoms with van der Waals surface area (Å²) in [4.78, 5) is 3.85. The van der Waals surface area contributed by atoms with Crippen LogP contribution in [0.25, 0.3) is 0 Å². The predicted molar refractivity (Wildman–Crippen MR) is 54.3 cm³/mol. The summed E-state index contributed by atoms with van der Waals surface area (Å²) in [7, 11) is -3.72. The Balaban J connectivity index is 3.10. The Labute approximate surface area is 82.7 Å². The largest absolute Gasteiger partial charge is 0.365 e. The average molecular weight is 213 g/mol. The normalized spacial score (nSPS) is 10.9. The number of pyridine rings is 1. The Morgan fingerprint density at radius 2 is 2.36 bits per heavy atom. The molecular weight excluding hydrogens is 202 g/mol. The van der Waals surface area contributed by atoms with Crippen LogP contribution >= 0.6 is 0 Å². The smallest absolute Gasteiger partial charge is 0.241 e. The molecule has 1 rings (SSSR count). The molecule has 3 N–H and O–H groups in total. The van der Waals surface area contributed by atoms with Gasteiger partial charge in [0.25, 0.3) is 0 Å². The van der Waals surface area contributed by atoms with Crippen molar-refractivity contribution in [3.05, 3.63) is 31.0 Å². The summed E-state index contributed by atoms with van der Waals surface area (Å²) in [6.45, 7) is 3.93. The van der Waals surface area contributed by atoms with Crippen LogP contribution in [0.5, 0.6) is 0 Å². The average Bonchev–Trinajstić information content (AvgIpc) is 2.14. The first kappa shape index (κ1) is 10.7. The molecule has 0 fully saturated rings. The number of hydrogen-bond donors (Lipinski definition) is 2. The van der Waals surface area contributed by atoms with E-state index in [1.54, 1.807) is 6.08 Å². The Hall–Kier alpha value is -1.40. The zero-order valence-corrected chi connectivity index (χ0v) is 8.29. The second-order valence-corrected chi connectivity index (χ2v) is 4.09. The molecule has 5 nitrogen and oxygen atoms in total. The number of aromatic nitrogens is 1. The van der Waals surface area contributed by atoms with E-state index < -0.39 is 10.0 Å². The standard InChI is InChI=1S/C8H11N3O2S/c1-2-5-10-8-7(14(9,12)13)4-3-6-11-8/h2-4,6H,1,5H2,(H,10,11)(H2,9,12,13). The van der Waals surface area contributed by atoms with Gasteiger partial charge in [-0.25, -0.2) is 18.5 Å². The first-order valence-electron chi connectivity index (χ1n) is 3.88. The summed E-state index contributed by atoms with van der Waals surface area (Å²) in [6, 6.07) is 2.91. The van der Waals surface area contributed by atoms with Gasteiger partial charge in [-0.1, -0.05) is 6.08 Å².